The zero-order chi connectivity index (χ0) is 21.3. The van der Waals surface area contributed by atoms with Crippen molar-refractivity contribution in [1.82, 2.24) is 19.5 Å². The lowest BCUT2D eigenvalue weighted by atomic mass is 10.1. The summed E-state index contributed by atoms with van der Waals surface area (Å²) in [5, 5.41) is 3.15. The minimum Gasteiger partial charge on any atom is -0.324 e. The number of rotatable bonds is 5. The standard InChI is InChI=1S/C24H25N5O/c1-5-20(24(30)28-22-15(2)9-8-10-16(22)3)29-21-12-7-6-11-18(21)27-23(29)19-14-25-17(4)13-26-19/h6-14,20H,5H2,1-4H3,(H,28,30). The molecule has 2 aromatic heterocycles. The number of hydrogen-bond donors (Lipinski definition) is 1. The van der Waals surface area contributed by atoms with Crippen molar-refractivity contribution in [3.63, 3.8) is 0 Å². The van der Waals surface area contributed by atoms with Crippen LogP contribution in [0.2, 0.25) is 0 Å². The van der Waals surface area contributed by atoms with Crippen LogP contribution < -0.4 is 5.32 Å². The third kappa shape index (κ3) is 3.56. The molecule has 0 aliphatic rings. The van der Waals surface area contributed by atoms with Crippen LogP contribution in [0.3, 0.4) is 0 Å². The maximum absolute atomic E-state index is 13.4. The molecule has 0 aliphatic heterocycles. The van der Waals surface area contributed by atoms with E-state index in [1.807, 2.05) is 74.7 Å². The average Bonchev–Trinajstić information content (AvgIpc) is 3.11. The predicted molar refractivity (Wildman–Crippen MR) is 119 cm³/mol. The quantitative estimate of drug-likeness (QED) is 0.512. The first kappa shape index (κ1) is 19.8. The first-order valence-electron chi connectivity index (χ1n) is 10.1. The van der Waals surface area contributed by atoms with Gasteiger partial charge < -0.3 is 9.88 Å². The molecule has 2 heterocycles. The van der Waals surface area contributed by atoms with Crippen LogP contribution in [0.5, 0.6) is 0 Å². The fourth-order valence-electron chi connectivity index (χ4n) is 3.75. The summed E-state index contributed by atoms with van der Waals surface area (Å²) in [6, 6.07) is 13.4. The fourth-order valence-corrected chi connectivity index (χ4v) is 3.75. The van der Waals surface area contributed by atoms with Gasteiger partial charge >= 0.3 is 0 Å². The molecule has 4 aromatic rings. The molecular weight excluding hydrogens is 374 g/mol. The van der Waals surface area contributed by atoms with Gasteiger partial charge in [-0.3, -0.25) is 9.78 Å². The molecule has 2 aromatic carbocycles. The molecule has 0 saturated carbocycles. The minimum absolute atomic E-state index is 0.0700. The lowest BCUT2D eigenvalue weighted by Crippen LogP contribution is -2.27. The molecule has 1 atom stereocenters. The highest BCUT2D eigenvalue weighted by atomic mass is 16.2. The third-order valence-corrected chi connectivity index (χ3v) is 5.34. The summed E-state index contributed by atoms with van der Waals surface area (Å²) in [6.07, 6.45) is 4.04. The molecule has 0 radical (unpaired) electrons. The molecule has 1 N–H and O–H groups in total. The highest BCUT2D eigenvalue weighted by molar-refractivity contribution is 5.96. The Morgan fingerprint density at radius 1 is 1.00 bits per heavy atom. The highest BCUT2D eigenvalue weighted by Gasteiger charge is 2.26. The second-order valence-corrected chi connectivity index (χ2v) is 7.52. The van der Waals surface area contributed by atoms with Crippen LogP contribution in [0.4, 0.5) is 5.69 Å². The molecule has 0 fully saturated rings. The number of carbonyl (C=O) groups excluding carboxylic acids is 1. The Morgan fingerprint density at radius 2 is 1.73 bits per heavy atom. The summed E-state index contributed by atoms with van der Waals surface area (Å²) >= 11 is 0. The first-order valence-corrected chi connectivity index (χ1v) is 10.1. The third-order valence-electron chi connectivity index (χ3n) is 5.34. The number of imidazole rings is 1. The van der Waals surface area contributed by atoms with E-state index < -0.39 is 6.04 Å². The summed E-state index contributed by atoms with van der Waals surface area (Å²) in [5.74, 6) is 0.576. The van der Waals surface area contributed by atoms with Crippen molar-refractivity contribution >= 4 is 22.6 Å². The van der Waals surface area contributed by atoms with Crippen LogP contribution in [-0.4, -0.2) is 25.4 Å². The molecule has 4 rings (SSSR count). The van der Waals surface area contributed by atoms with Crippen molar-refractivity contribution in [3.05, 3.63) is 71.7 Å². The number of benzene rings is 2. The number of hydrogen-bond acceptors (Lipinski definition) is 4. The Balaban J connectivity index is 1.82. The molecule has 6 heteroatoms. The van der Waals surface area contributed by atoms with Gasteiger partial charge in [-0.25, -0.2) is 9.97 Å². The molecule has 0 bridgehead atoms. The van der Waals surface area contributed by atoms with Gasteiger partial charge in [0.25, 0.3) is 0 Å². The summed E-state index contributed by atoms with van der Waals surface area (Å²) in [4.78, 5) is 27.1. The molecular formula is C24H25N5O. The highest BCUT2D eigenvalue weighted by Crippen LogP contribution is 2.30. The zero-order valence-electron chi connectivity index (χ0n) is 17.7. The second kappa shape index (κ2) is 8.06. The number of fused-ring (bicyclic) bond motifs is 1. The van der Waals surface area contributed by atoms with Gasteiger partial charge in [0.15, 0.2) is 5.82 Å². The molecule has 152 valence electrons. The lowest BCUT2D eigenvalue weighted by molar-refractivity contribution is -0.119. The summed E-state index contributed by atoms with van der Waals surface area (Å²) < 4.78 is 1.98. The van der Waals surface area contributed by atoms with Gasteiger partial charge in [-0.1, -0.05) is 37.3 Å². The van der Waals surface area contributed by atoms with Crippen LogP contribution >= 0.6 is 0 Å². The van der Waals surface area contributed by atoms with Crippen LogP contribution in [0.25, 0.3) is 22.6 Å². The molecule has 1 amide bonds. The van der Waals surface area contributed by atoms with Crippen LogP contribution in [-0.2, 0) is 4.79 Å². The molecule has 30 heavy (non-hydrogen) atoms. The van der Waals surface area contributed by atoms with E-state index in [2.05, 4.69) is 15.3 Å². The minimum atomic E-state index is -0.436. The number of nitrogens with one attached hydrogen (secondary N) is 1. The predicted octanol–water partition coefficient (Wildman–Crippen LogP) is 5.01. The van der Waals surface area contributed by atoms with Gasteiger partial charge in [0.2, 0.25) is 5.91 Å². The second-order valence-electron chi connectivity index (χ2n) is 7.52. The van der Waals surface area contributed by atoms with E-state index >= 15 is 0 Å². The number of aryl methyl sites for hydroxylation is 3. The van der Waals surface area contributed by atoms with E-state index in [9.17, 15) is 4.79 Å². The van der Waals surface area contributed by atoms with Crippen molar-refractivity contribution in [2.45, 2.75) is 40.2 Å². The van der Waals surface area contributed by atoms with E-state index in [1.165, 1.54) is 0 Å². The number of amides is 1. The normalized spacial score (nSPS) is 12.1. The zero-order valence-corrected chi connectivity index (χ0v) is 17.7. The lowest BCUT2D eigenvalue weighted by Gasteiger charge is -2.21. The SMILES string of the molecule is CCC(C(=O)Nc1c(C)cccc1C)n1c(-c2cnc(C)cn2)nc2ccccc21. The van der Waals surface area contributed by atoms with Gasteiger partial charge in [0.05, 0.1) is 22.9 Å². The van der Waals surface area contributed by atoms with Crippen molar-refractivity contribution in [2.24, 2.45) is 0 Å². The first-order chi connectivity index (χ1) is 14.5. The summed E-state index contributed by atoms with van der Waals surface area (Å²) in [6.45, 7) is 7.91. The Kier molecular flexibility index (Phi) is 5.31. The van der Waals surface area contributed by atoms with Crippen molar-refractivity contribution in [3.8, 4) is 11.5 Å². The van der Waals surface area contributed by atoms with E-state index in [0.29, 0.717) is 17.9 Å². The number of aromatic nitrogens is 4. The van der Waals surface area contributed by atoms with Crippen molar-refractivity contribution in [1.29, 1.82) is 0 Å². The molecule has 0 aliphatic carbocycles. The largest absolute Gasteiger partial charge is 0.324 e. The Morgan fingerprint density at radius 3 is 2.40 bits per heavy atom. The van der Waals surface area contributed by atoms with E-state index in [-0.39, 0.29) is 5.91 Å². The van der Waals surface area contributed by atoms with Crippen molar-refractivity contribution in [2.75, 3.05) is 5.32 Å². The average molecular weight is 399 g/mol. The molecule has 0 spiro atoms. The summed E-state index contributed by atoms with van der Waals surface area (Å²) in [5.41, 5.74) is 6.15. The van der Waals surface area contributed by atoms with Crippen molar-refractivity contribution < 1.29 is 4.79 Å². The Hall–Kier alpha value is -3.54. The number of anilines is 1. The van der Waals surface area contributed by atoms with Crippen LogP contribution in [0.15, 0.2) is 54.9 Å². The molecule has 6 nitrogen and oxygen atoms in total. The van der Waals surface area contributed by atoms with E-state index in [0.717, 1.165) is 33.5 Å². The monoisotopic (exact) mass is 399 g/mol. The summed E-state index contributed by atoms with van der Waals surface area (Å²) in [7, 11) is 0. The maximum atomic E-state index is 13.4. The van der Waals surface area contributed by atoms with Gasteiger partial charge in [-0.05, 0) is 50.5 Å². The van der Waals surface area contributed by atoms with Gasteiger partial charge in [0.1, 0.15) is 11.7 Å². The number of carbonyl (C=O) groups is 1. The molecule has 0 saturated heterocycles. The van der Waals surface area contributed by atoms with E-state index in [1.54, 1.807) is 12.4 Å². The van der Waals surface area contributed by atoms with Crippen LogP contribution in [0.1, 0.15) is 36.2 Å². The maximum Gasteiger partial charge on any atom is 0.247 e. The fraction of sp³-hybridized carbons (Fsp3) is 0.250. The van der Waals surface area contributed by atoms with Crippen LogP contribution in [0, 0.1) is 20.8 Å². The Labute approximate surface area is 176 Å². The Bertz CT molecular complexity index is 1190. The van der Waals surface area contributed by atoms with E-state index in [4.69, 9.17) is 4.98 Å². The number of para-hydroxylation sites is 3. The smallest absolute Gasteiger partial charge is 0.247 e. The van der Waals surface area contributed by atoms with Gasteiger partial charge in [-0.2, -0.15) is 0 Å². The molecule has 1 unspecified atom stereocenters. The van der Waals surface area contributed by atoms with Gasteiger partial charge in [-0.15, -0.1) is 0 Å². The topological polar surface area (TPSA) is 72.7 Å². The van der Waals surface area contributed by atoms with Gasteiger partial charge in [0, 0.05) is 11.9 Å². The number of nitrogens with zero attached hydrogens (tertiary/aromatic N) is 4.